The molecule has 0 unspecified atom stereocenters. The summed E-state index contributed by atoms with van der Waals surface area (Å²) in [6, 6.07) is 1.33. The molecule has 1 aliphatic rings. The van der Waals surface area contributed by atoms with Gasteiger partial charge in [0, 0.05) is 12.4 Å². The number of hydrogen-bond donors (Lipinski definition) is 2. The van der Waals surface area contributed by atoms with E-state index in [1.807, 2.05) is 0 Å². The molecule has 0 aromatic heterocycles. The summed E-state index contributed by atoms with van der Waals surface area (Å²) < 4.78 is 75.5. The third-order valence-electron chi connectivity index (χ3n) is 2.34. The molecule has 0 radical (unpaired) electrons. The molecule has 1 heterocycles. The molecular formula is C10H7F6N3. The molecule has 0 bridgehead atoms. The van der Waals surface area contributed by atoms with Gasteiger partial charge in [0.1, 0.15) is 0 Å². The Hall–Kier alpha value is -1.90. The van der Waals surface area contributed by atoms with Gasteiger partial charge in [-0.25, -0.2) is 0 Å². The summed E-state index contributed by atoms with van der Waals surface area (Å²) in [5, 5.41) is 1.00. The zero-order valence-corrected chi connectivity index (χ0v) is 9.10. The minimum Gasteiger partial charge on any atom is -0.309 e. The van der Waals surface area contributed by atoms with E-state index in [0.29, 0.717) is 12.1 Å². The smallest absolute Gasteiger partial charge is 0.309 e. The molecule has 0 spiro atoms. The lowest BCUT2D eigenvalue weighted by Crippen LogP contribution is -2.35. The summed E-state index contributed by atoms with van der Waals surface area (Å²) in [6.45, 7) is 0. The molecule has 1 aliphatic heterocycles. The predicted octanol–water partition coefficient (Wildman–Crippen LogP) is 3.02. The van der Waals surface area contributed by atoms with Crippen LogP contribution in [0.5, 0.6) is 0 Å². The summed E-state index contributed by atoms with van der Waals surface area (Å²) in [5.41, 5.74) is 1.79. The first kappa shape index (κ1) is 13.5. The van der Waals surface area contributed by atoms with Gasteiger partial charge in [0.05, 0.1) is 16.8 Å². The lowest BCUT2D eigenvalue weighted by atomic mass is 10.1. The first-order chi connectivity index (χ1) is 8.68. The molecule has 3 nitrogen and oxygen atoms in total. The Balaban J connectivity index is 2.52. The molecule has 1 aromatic carbocycles. The third kappa shape index (κ3) is 2.92. The van der Waals surface area contributed by atoms with Crippen molar-refractivity contribution in [2.24, 2.45) is 0 Å². The Morgan fingerprint density at radius 3 is 1.74 bits per heavy atom. The Labute approximate surface area is 103 Å². The van der Waals surface area contributed by atoms with E-state index in [0.717, 1.165) is 5.01 Å². The average Bonchev–Trinajstić information content (AvgIpc) is 2.79. The van der Waals surface area contributed by atoms with Gasteiger partial charge in [-0.1, -0.05) is 0 Å². The van der Waals surface area contributed by atoms with Gasteiger partial charge < -0.3 is 5.43 Å². The Morgan fingerprint density at radius 2 is 1.37 bits per heavy atom. The normalized spacial score (nSPS) is 15.8. The van der Waals surface area contributed by atoms with Crippen LogP contribution in [-0.2, 0) is 12.4 Å². The molecule has 2 N–H and O–H groups in total. The largest absolute Gasteiger partial charge is 0.416 e. The monoisotopic (exact) mass is 283 g/mol. The fourth-order valence-corrected chi connectivity index (χ4v) is 1.48. The molecule has 2 rings (SSSR count). The first-order valence-electron chi connectivity index (χ1n) is 4.94. The second-order valence-corrected chi connectivity index (χ2v) is 3.71. The van der Waals surface area contributed by atoms with Crippen LogP contribution in [0.4, 0.5) is 32.0 Å². The van der Waals surface area contributed by atoms with Crippen molar-refractivity contribution in [3.63, 3.8) is 0 Å². The van der Waals surface area contributed by atoms with Crippen molar-refractivity contribution in [1.29, 1.82) is 0 Å². The molecule has 0 fully saturated rings. The molecular weight excluding hydrogens is 276 g/mol. The standard InChI is InChI=1S/C10H7F6N3/c11-9(12,13)6-3-7(10(14,15)16)5-8(4-6)19-2-1-17-18-19/h1-5,17-18H. The Bertz CT molecular complexity index is 473. The number of benzene rings is 1. The predicted molar refractivity (Wildman–Crippen MR) is 54.3 cm³/mol. The zero-order valence-electron chi connectivity index (χ0n) is 9.10. The number of nitrogens with zero attached hydrogens (tertiary/aromatic N) is 1. The van der Waals surface area contributed by atoms with Gasteiger partial charge in [0.2, 0.25) is 0 Å². The fourth-order valence-electron chi connectivity index (χ4n) is 1.48. The minimum atomic E-state index is -4.85. The second-order valence-electron chi connectivity index (χ2n) is 3.71. The molecule has 1 aromatic rings. The summed E-state index contributed by atoms with van der Waals surface area (Å²) in [4.78, 5) is 0. The zero-order chi connectivity index (χ0) is 14.3. The van der Waals surface area contributed by atoms with Gasteiger partial charge in [-0.15, -0.1) is 5.53 Å². The lowest BCUT2D eigenvalue weighted by Gasteiger charge is -2.19. The number of hydrazine groups is 2. The van der Waals surface area contributed by atoms with Crippen LogP contribution in [-0.4, -0.2) is 0 Å². The number of alkyl halides is 6. The van der Waals surface area contributed by atoms with Gasteiger partial charge in [-0.3, -0.25) is 5.01 Å². The summed E-state index contributed by atoms with van der Waals surface area (Å²) in [6.07, 6.45) is -7.12. The van der Waals surface area contributed by atoms with E-state index in [4.69, 9.17) is 0 Å². The van der Waals surface area contributed by atoms with E-state index in [1.165, 1.54) is 12.4 Å². The topological polar surface area (TPSA) is 27.3 Å². The molecule has 0 amide bonds. The van der Waals surface area contributed by atoms with Crippen molar-refractivity contribution in [1.82, 2.24) is 11.0 Å². The highest BCUT2D eigenvalue weighted by molar-refractivity contribution is 5.54. The maximum absolute atomic E-state index is 12.6. The summed E-state index contributed by atoms with van der Waals surface area (Å²) >= 11 is 0. The van der Waals surface area contributed by atoms with Crippen molar-refractivity contribution in [3.8, 4) is 0 Å². The van der Waals surface area contributed by atoms with Crippen LogP contribution < -0.4 is 16.0 Å². The van der Waals surface area contributed by atoms with Crippen molar-refractivity contribution in [2.45, 2.75) is 12.4 Å². The third-order valence-corrected chi connectivity index (χ3v) is 2.34. The van der Waals surface area contributed by atoms with E-state index in [-0.39, 0.29) is 11.8 Å². The Kier molecular flexibility index (Phi) is 3.09. The van der Waals surface area contributed by atoms with Gasteiger partial charge >= 0.3 is 12.4 Å². The minimum absolute atomic E-state index is 0.0801. The number of hydrogen-bond acceptors (Lipinski definition) is 3. The van der Waals surface area contributed by atoms with Crippen molar-refractivity contribution in [3.05, 3.63) is 41.7 Å². The molecule has 19 heavy (non-hydrogen) atoms. The van der Waals surface area contributed by atoms with Crippen LogP contribution in [0.15, 0.2) is 30.6 Å². The van der Waals surface area contributed by atoms with Crippen LogP contribution in [0.25, 0.3) is 0 Å². The van der Waals surface area contributed by atoms with E-state index < -0.39 is 23.5 Å². The van der Waals surface area contributed by atoms with Crippen molar-refractivity contribution in [2.75, 3.05) is 5.01 Å². The number of halogens is 6. The number of anilines is 1. The van der Waals surface area contributed by atoms with Crippen LogP contribution in [0.2, 0.25) is 0 Å². The van der Waals surface area contributed by atoms with Gasteiger partial charge in [-0.2, -0.15) is 26.3 Å². The van der Waals surface area contributed by atoms with Gasteiger partial charge in [0.25, 0.3) is 0 Å². The molecule has 0 aliphatic carbocycles. The van der Waals surface area contributed by atoms with Gasteiger partial charge in [0.15, 0.2) is 0 Å². The molecule has 0 saturated heterocycles. The second kappa shape index (κ2) is 4.34. The Morgan fingerprint density at radius 1 is 0.842 bits per heavy atom. The fraction of sp³-hybridized carbons (Fsp3) is 0.200. The molecule has 104 valence electrons. The van der Waals surface area contributed by atoms with E-state index >= 15 is 0 Å². The van der Waals surface area contributed by atoms with Crippen LogP contribution in [0, 0.1) is 0 Å². The van der Waals surface area contributed by atoms with Gasteiger partial charge in [-0.05, 0) is 18.2 Å². The highest BCUT2D eigenvalue weighted by Gasteiger charge is 2.37. The highest BCUT2D eigenvalue weighted by Crippen LogP contribution is 2.38. The molecule has 0 saturated carbocycles. The van der Waals surface area contributed by atoms with Crippen molar-refractivity contribution >= 4 is 5.69 Å². The highest BCUT2D eigenvalue weighted by atomic mass is 19.4. The van der Waals surface area contributed by atoms with E-state index in [2.05, 4.69) is 11.0 Å². The number of rotatable bonds is 1. The molecule has 0 atom stereocenters. The maximum atomic E-state index is 12.6. The maximum Gasteiger partial charge on any atom is 0.416 e. The quantitative estimate of drug-likeness (QED) is 0.776. The summed E-state index contributed by atoms with van der Waals surface area (Å²) in [7, 11) is 0. The number of nitrogens with one attached hydrogen (secondary N) is 2. The van der Waals surface area contributed by atoms with Crippen molar-refractivity contribution < 1.29 is 26.3 Å². The van der Waals surface area contributed by atoms with E-state index in [1.54, 1.807) is 0 Å². The van der Waals surface area contributed by atoms with Crippen LogP contribution in [0.3, 0.4) is 0 Å². The lowest BCUT2D eigenvalue weighted by molar-refractivity contribution is -0.143. The average molecular weight is 283 g/mol. The first-order valence-corrected chi connectivity index (χ1v) is 4.94. The SMILES string of the molecule is FC(F)(F)c1cc(N2C=CNN2)cc(C(F)(F)F)c1. The van der Waals surface area contributed by atoms with E-state index in [9.17, 15) is 26.3 Å². The molecule has 9 heteroatoms. The van der Waals surface area contributed by atoms with Crippen LogP contribution in [0.1, 0.15) is 11.1 Å². The summed E-state index contributed by atoms with van der Waals surface area (Å²) in [5.74, 6) is 0. The van der Waals surface area contributed by atoms with Crippen LogP contribution >= 0.6 is 0 Å².